The van der Waals surface area contributed by atoms with Crippen molar-refractivity contribution in [1.82, 2.24) is 9.96 Å². The van der Waals surface area contributed by atoms with Gasteiger partial charge in [0, 0.05) is 31.7 Å². The summed E-state index contributed by atoms with van der Waals surface area (Å²) in [6, 6.07) is 12.6. The number of alkyl halides is 3. The summed E-state index contributed by atoms with van der Waals surface area (Å²) in [5.41, 5.74) is -1.97. The molecule has 1 fully saturated rings. The monoisotopic (exact) mass is 526 g/mol. The first-order valence-corrected chi connectivity index (χ1v) is 12.9. The van der Waals surface area contributed by atoms with E-state index in [4.69, 9.17) is 4.84 Å². The van der Waals surface area contributed by atoms with Gasteiger partial charge in [0.15, 0.2) is 0 Å². The molecule has 11 heteroatoms. The lowest BCUT2D eigenvalue weighted by Gasteiger charge is -2.28. The Balaban J connectivity index is 2.03. The van der Waals surface area contributed by atoms with E-state index in [9.17, 15) is 26.4 Å². The summed E-state index contributed by atoms with van der Waals surface area (Å²) in [5, 5.41) is 1.81. The summed E-state index contributed by atoms with van der Waals surface area (Å²) in [6.45, 7) is 6.20. The first kappa shape index (κ1) is 27.7. The molecule has 1 heterocycles. The molecule has 196 valence electrons. The highest BCUT2D eigenvalue weighted by atomic mass is 32.2. The van der Waals surface area contributed by atoms with E-state index in [2.05, 4.69) is 4.18 Å². The highest BCUT2D eigenvalue weighted by Crippen LogP contribution is 2.35. The van der Waals surface area contributed by atoms with Crippen molar-refractivity contribution in [3.63, 3.8) is 0 Å². The standard InChI is InChI=1S/C25H29F3N2O5S/c1-4-29(5-2)24(31)20-11-9-18(10-12-20)23(19-13-15-30(34-3)16-14-19)21-7-6-8-22(17-21)35-36(32,33)25(26,27)28/h6-12,17H,4-5,13-16H2,1-3H3. The Morgan fingerprint density at radius 2 is 1.56 bits per heavy atom. The van der Waals surface area contributed by atoms with Crippen LogP contribution in [0.1, 0.15) is 48.2 Å². The van der Waals surface area contributed by atoms with Crippen LogP contribution < -0.4 is 4.18 Å². The molecule has 3 rings (SSSR count). The fourth-order valence-corrected chi connectivity index (χ4v) is 4.57. The highest BCUT2D eigenvalue weighted by molar-refractivity contribution is 7.88. The van der Waals surface area contributed by atoms with Gasteiger partial charge in [-0.3, -0.25) is 4.79 Å². The summed E-state index contributed by atoms with van der Waals surface area (Å²) in [5.74, 6) is -0.535. The van der Waals surface area contributed by atoms with E-state index < -0.39 is 21.4 Å². The quantitative estimate of drug-likeness (QED) is 0.361. The molecular weight excluding hydrogens is 497 g/mol. The van der Waals surface area contributed by atoms with Crippen LogP contribution in [0.3, 0.4) is 0 Å². The van der Waals surface area contributed by atoms with Gasteiger partial charge in [-0.05, 0) is 67.7 Å². The Kier molecular flexibility index (Phi) is 8.80. The molecule has 0 aromatic heterocycles. The molecule has 1 aliphatic rings. The van der Waals surface area contributed by atoms with Crippen LogP contribution in [0.2, 0.25) is 0 Å². The summed E-state index contributed by atoms with van der Waals surface area (Å²) in [4.78, 5) is 19.7. The van der Waals surface area contributed by atoms with Gasteiger partial charge in [-0.2, -0.15) is 26.7 Å². The number of halogens is 3. The van der Waals surface area contributed by atoms with Gasteiger partial charge in [-0.15, -0.1) is 0 Å². The Bertz CT molecular complexity index is 1200. The number of piperidine rings is 1. The molecule has 1 saturated heterocycles. The fourth-order valence-electron chi connectivity index (χ4n) is 4.11. The lowest BCUT2D eigenvalue weighted by atomic mass is 9.88. The summed E-state index contributed by atoms with van der Waals surface area (Å²) in [7, 11) is -4.22. The lowest BCUT2D eigenvalue weighted by molar-refractivity contribution is -0.135. The van der Waals surface area contributed by atoms with Gasteiger partial charge >= 0.3 is 15.6 Å². The number of hydroxylamine groups is 2. The van der Waals surface area contributed by atoms with E-state index in [1.165, 1.54) is 12.1 Å². The van der Waals surface area contributed by atoms with E-state index in [-0.39, 0.29) is 5.91 Å². The largest absolute Gasteiger partial charge is 0.534 e. The maximum Gasteiger partial charge on any atom is 0.534 e. The van der Waals surface area contributed by atoms with Crippen molar-refractivity contribution in [3.05, 3.63) is 70.8 Å². The second-order valence-electron chi connectivity index (χ2n) is 8.16. The van der Waals surface area contributed by atoms with E-state index in [0.717, 1.165) is 22.8 Å². The molecule has 7 nitrogen and oxygen atoms in total. The number of carbonyl (C=O) groups is 1. The molecule has 0 atom stereocenters. The predicted octanol–water partition coefficient (Wildman–Crippen LogP) is 4.86. The molecule has 0 spiro atoms. The van der Waals surface area contributed by atoms with Crippen molar-refractivity contribution in [2.45, 2.75) is 32.2 Å². The van der Waals surface area contributed by atoms with Crippen molar-refractivity contribution >= 4 is 21.6 Å². The third-order valence-corrected chi connectivity index (χ3v) is 7.00. The van der Waals surface area contributed by atoms with Crippen molar-refractivity contribution in [2.24, 2.45) is 0 Å². The number of benzene rings is 2. The summed E-state index contributed by atoms with van der Waals surface area (Å²) < 4.78 is 66.0. The van der Waals surface area contributed by atoms with E-state index in [1.807, 2.05) is 18.9 Å². The van der Waals surface area contributed by atoms with Crippen molar-refractivity contribution in [1.29, 1.82) is 0 Å². The minimum atomic E-state index is -5.80. The van der Waals surface area contributed by atoms with E-state index in [0.29, 0.717) is 50.1 Å². The van der Waals surface area contributed by atoms with Gasteiger partial charge in [0.05, 0.1) is 7.11 Å². The van der Waals surface area contributed by atoms with Crippen LogP contribution in [-0.2, 0) is 15.0 Å². The van der Waals surface area contributed by atoms with E-state index >= 15 is 0 Å². The zero-order valence-corrected chi connectivity index (χ0v) is 21.2. The lowest BCUT2D eigenvalue weighted by Crippen LogP contribution is -2.30. The molecule has 0 radical (unpaired) electrons. The highest BCUT2D eigenvalue weighted by Gasteiger charge is 2.48. The van der Waals surface area contributed by atoms with Crippen LogP contribution in [-0.4, -0.2) is 63.1 Å². The number of nitrogens with zero attached hydrogens (tertiary/aromatic N) is 2. The normalized spacial score (nSPS) is 15.0. The van der Waals surface area contributed by atoms with Crippen molar-refractivity contribution in [3.8, 4) is 5.75 Å². The first-order chi connectivity index (χ1) is 17.0. The molecule has 0 N–H and O–H groups in total. The Morgan fingerprint density at radius 1 is 0.972 bits per heavy atom. The molecule has 0 saturated carbocycles. The molecule has 2 aromatic rings. The number of hydrogen-bond donors (Lipinski definition) is 0. The zero-order valence-electron chi connectivity index (χ0n) is 20.3. The molecule has 36 heavy (non-hydrogen) atoms. The minimum absolute atomic E-state index is 0.0955. The van der Waals surface area contributed by atoms with Crippen LogP contribution in [0.15, 0.2) is 54.1 Å². The van der Waals surface area contributed by atoms with Crippen molar-refractivity contribution in [2.75, 3.05) is 33.3 Å². The molecule has 1 aliphatic heterocycles. The average Bonchev–Trinajstić information content (AvgIpc) is 2.85. The van der Waals surface area contributed by atoms with Gasteiger partial charge in [0.2, 0.25) is 0 Å². The molecule has 0 bridgehead atoms. The Labute approximate surface area is 209 Å². The van der Waals surface area contributed by atoms with Crippen LogP contribution in [0.5, 0.6) is 5.75 Å². The zero-order chi connectivity index (χ0) is 26.5. The molecular formula is C25H29F3N2O5S. The second-order valence-corrected chi connectivity index (χ2v) is 9.69. The summed E-state index contributed by atoms with van der Waals surface area (Å²) in [6.07, 6.45) is 1.27. The summed E-state index contributed by atoms with van der Waals surface area (Å²) >= 11 is 0. The second kappa shape index (κ2) is 11.4. The molecule has 1 amide bonds. The number of rotatable bonds is 8. The smallest absolute Gasteiger partial charge is 0.376 e. The first-order valence-electron chi connectivity index (χ1n) is 11.5. The van der Waals surface area contributed by atoms with E-state index in [1.54, 1.807) is 42.3 Å². The predicted molar refractivity (Wildman–Crippen MR) is 130 cm³/mol. The van der Waals surface area contributed by atoms with Gasteiger partial charge < -0.3 is 13.9 Å². The maximum atomic E-state index is 12.8. The van der Waals surface area contributed by atoms with Crippen LogP contribution >= 0.6 is 0 Å². The van der Waals surface area contributed by atoms with Crippen LogP contribution in [0.4, 0.5) is 13.2 Å². The van der Waals surface area contributed by atoms with Gasteiger partial charge in [0.25, 0.3) is 5.91 Å². The van der Waals surface area contributed by atoms with Crippen LogP contribution in [0.25, 0.3) is 5.57 Å². The Hall–Kier alpha value is -2.89. The molecule has 0 unspecified atom stereocenters. The van der Waals surface area contributed by atoms with Gasteiger partial charge in [0.1, 0.15) is 5.75 Å². The minimum Gasteiger partial charge on any atom is -0.376 e. The number of hydrogen-bond acceptors (Lipinski definition) is 6. The van der Waals surface area contributed by atoms with Crippen LogP contribution in [0, 0.1) is 0 Å². The number of carbonyl (C=O) groups excluding carboxylic acids is 1. The van der Waals surface area contributed by atoms with Gasteiger partial charge in [-0.25, -0.2) is 0 Å². The average molecular weight is 527 g/mol. The third-order valence-electron chi connectivity index (χ3n) is 6.02. The topological polar surface area (TPSA) is 76.2 Å². The third kappa shape index (κ3) is 6.26. The fraction of sp³-hybridized carbons (Fsp3) is 0.400. The molecule has 0 aliphatic carbocycles. The molecule has 2 aromatic carbocycles. The van der Waals surface area contributed by atoms with Crippen molar-refractivity contribution < 1.29 is 35.4 Å². The maximum absolute atomic E-state index is 12.8. The number of amides is 1. The SMILES string of the molecule is CCN(CC)C(=O)c1ccc(C(=C2CCN(OC)CC2)c2cccc(OS(=O)(=O)C(F)(F)F)c2)cc1. The van der Waals surface area contributed by atoms with Gasteiger partial charge in [-0.1, -0.05) is 29.8 Å². The Morgan fingerprint density at radius 3 is 2.08 bits per heavy atom.